The van der Waals surface area contributed by atoms with E-state index in [1.54, 1.807) is 0 Å². The Hall–Kier alpha value is -2.67. The monoisotopic (exact) mass is 442 g/mol. The average Bonchev–Trinajstić information content (AvgIpc) is 3.23. The Morgan fingerprint density at radius 1 is 0.774 bits per heavy atom. The van der Waals surface area contributed by atoms with Crippen LogP contribution < -0.4 is 0 Å². The Kier molecular flexibility index (Phi) is 10.8. The number of hydrogen-bond donors (Lipinski definition) is 0. The fourth-order valence-electron chi connectivity index (χ4n) is 2.65. The maximum Gasteiger partial charge on any atom is 0.361 e. The predicted molar refractivity (Wildman–Crippen MR) is 100 cm³/mol. The van der Waals surface area contributed by atoms with E-state index in [9.17, 15) is 24.0 Å². The highest BCUT2D eigenvalue weighted by atomic mass is 17.2. The van der Waals surface area contributed by atoms with Crippen molar-refractivity contribution in [3.63, 3.8) is 0 Å². The standard InChI is InChI=1S/C19H26N2O10/c22-15-4-5-16(23)20(15)8-2-1-3-9-27-10-11-28-12-13-29-30-14-19(26)31-21-17(24)6-7-18(21)25/h4-5H,1-3,6-14H2. The molecule has 0 aromatic carbocycles. The molecule has 31 heavy (non-hydrogen) atoms. The molecule has 0 bridgehead atoms. The second-order valence-corrected chi connectivity index (χ2v) is 6.58. The SMILES string of the molecule is O=C(COOCCOCCOCCCCCN1C(=O)C=CC1=O)ON1C(=O)CCC1=O. The Labute approximate surface area is 178 Å². The molecule has 0 saturated carbocycles. The van der Waals surface area contributed by atoms with Crippen molar-refractivity contribution in [2.24, 2.45) is 0 Å². The minimum atomic E-state index is -0.923. The summed E-state index contributed by atoms with van der Waals surface area (Å²) in [5.74, 6) is -2.58. The molecule has 1 saturated heterocycles. The van der Waals surface area contributed by atoms with Crippen molar-refractivity contribution >= 4 is 29.6 Å². The van der Waals surface area contributed by atoms with E-state index in [1.165, 1.54) is 17.1 Å². The molecule has 0 spiro atoms. The molecule has 0 radical (unpaired) electrons. The zero-order valence-electron chi connectivity index (χ0n) is 17.1. The van der Waals surface area contributed by atoms with Gasteiger partial charge in [-0.15, -0.1) is 5.06 Å². The van der Waals surface area contributed by atoms with Crippen molar-refractivity contribution in [2.45, 2.75) is 32.1 Å². The Morgan fingerprint density at radius 2 is 1.39 bits per heavy atom. The fourth-order valence-corrected chi connectivity index (χ4v) is 2.65. The van der Waals surface area contributed by atoms with E-state index in [0.717, 1.165) is 19.3 Å². The van der Waals surface area contributed by atoms with Gasteiger partial charge in [0, 0.05) is 38.1 Å². The fraction of sp³-hybridized carbons (Fsp3) is 0.632. The van der Waals surface area contributed by atoms with Crippen LogP contribution in [0.5, 0.6) is 0 Å². The summed E-state index contributed by atoms with van der Waals surface area (Å²) in [5, 5.41) is 0.432. The largest absolute Gasteiger partial charge is 0.379 e. The van der Waals surface area contributed by atoms with Gasteiger partial charge in [-0.1, -0.05) is 0 Å². The number of nitrogens with zero attached hydrogens (tertiary/aromatic N) is 2. The van der Waals surface area contributed by atoms with Crippen LogP contribution in [0, 0.1) is 0 Å². The van der Waals surface area contributed by atoms with E-state index in [-0.39, 0.29) is 37.9 Å². The molecule has 2 aliphatic heterocycles. The van der Waals surface area contributed by atoms with E-state index in [4.69, 9.17) is 14.4 Å². The van der Waals surface area contributed by atoms with Crippen molar-refractivity contribution in [1.29, 1.82) is 0 Å². The van der Waals surface area contributed by atoms with Crippen LogP contribution in [0.4, 0.5) is 0 Å². The summed E-state index contributed by atoms with van der Waals surface area (Å²) < 4.78 is 10.7. The third kappa shape index (κ3) is 8.92. The minimum absolute atomic E-state index is 0.0194. The van der Waals surface area contributed by atoms with Crippen LogP contribution >= 0.6 is 0 Å². The first-order valence-electron chi connectivity index (χ1n) is 9.99. The van der Waals surface area contributed by atoms with Crippen LogP contribution in [-0.2, 0) is 48.1 Å². The van der Waals surface area contributed by atoms with Crippen molar-refractivity contribution in [3.05, 3.63) is 12.2 Å². The molecule has 1 fully saturated rings. The molecule has 12 nitrogen and oxygen atoms in total. The highest BCUT2D eigenvalue weighted by Crippen LogP contribution is 2.12. The number of rotatable bonds is 16. The number of carbonyl (C=O) groups excluding carboxylic acids is 5. The molecule has 0 N–H and O–H groups in total. The molecule has 4 amide bonds. The smallest absolute Gasteiger partial charge is 0.361 e. The summed E-state index contributed by atoms with van der Waals surface area (Å²) in [6, 6.07) is 0. The molecule has 0 unspecified atom stereocenters. The van der Waals surface area contributed by atoms with Gasteiger partial charge in [-0.2, -0.15) is 0 Å². The molecule has 0 aromatic heterocycles. The zero-order chi connectivity index (χ0) is 22.5. The Morgan fingerprint density at radius 3 is 2.06 bits per heavy atom. The first-order chi connectivity index (χ1) is 15.0. The topological polar surface area (TPSA) is 138 Å². The van der Waals surface area contributed by atoms with Crippen LogP contribution in [0.2, 0.25) is 0 Å². The summed E-state index contributed by atoms with van der Waals surface area (Å²) in [6.07, 6.45) is 4.97. The van der Waals surface area contributed by atoms with Gasteiger partial charge < -0.3 is 14.3 Å². The van der Waals surface area contributed by atoms with E-state index in [0.29, 0.717) is 31.4 Å². The molecule has 0 aromatic rings. The Balaban J connectivity index is 1.31. The lowest BCUT2D eigenvalue weighted by molar-refractivity contribution is -0.300. The third-order valence-corrected chi connectivity index (χ3v) is 4.21. The van der Waals surface area contributed by atoms with Crippen LogP contribution in [0.3, 0.4) is 0 Å². The molecule has 0 aliphatic carbocycles. The Bertz CT molecular complexity index is 659. The van der Waals surface area contributed by atoms with Gasteiger partial charge in [0.25, 0.3) is 23.6 Å². The molecular weight excluding hydrogens is 416 g/mol. The molecule has 2 heterocycles. The molecule has 12 heteroatoms. The molecule has 0 atom stereocenters. The van der Waals surface area contributed by atoms with Crippen LogP contribution in [0.15, 0.2) is 12.2 Å². The van der Waals surface area contributed by atoms with Gasteiger partial charge in [-0.05, 0) is 19.3 Å². The van der Waals surface area contributed by atoms with E-state index < -0.39 is 24.4 Å². The van der Waals surface area contributed by atoms with Crippen molar-refractivity contribution in [3.8, 4) is 0 Å². The van der Waals surface area contributed by atoms with Gasteiger partial charge >= 0.3 is 5.97 Å². The van der Waals surface area contributed by atoms with Crippen LogP contribution in [0.1, 0.15) is 32.1 Å². The van der Waals surface area contributed by atoms with Gasteiger partial charge in [0.05, 0.1) is 19.8 Å². The maximum absolute atomic E-state index is 11.4. The number of ether oxygens (including phenoxy) is 2. The van der Waals surface area contributed by atoms with Crippen LogP contribution in [0.25, 0.3) is 0 Å². The third-order valence-electron chi connectivity index (χ3n) is 4.21. The summed E-state index contributed by atoms with van der Waals surface area (Å²) >= 11 is 0. The number of hydrogen-bond acceptors (Lipinski definition) is 10. The van der Waals surface area contributed by atoms with Gasteiger partial charge in [-0.25, -0.2) is 14.6 Å². The molecule has 172 valence electrons. The normalized spacial score (nSPS) is 16.1. The van der Waals surface area contributed by atoms with Gasteiger partial charge in [-0.3, -0.25) is 24.1 Å². The number of unbranched alkanes of at least 4 members (excludes halogenated alkanes) is 2. The van der Waals surface area contributed by atoms with Gasteiger partial charge in [0.2, 0.25) is 0 Å². The molecule has 2 aliphatic rings. The first-order valence-corrected chi connectivity index (χ1v) is 9.99. The lowest BCUT2D eigenvalue weighted by Gasteiger charge is -2.13. The van der Waals surface area contributed by atoms with Crippen LogP contribution in [-0.4, -0.2) is 85.7 Å². The second kappa shape index (κ2) is 13.6. The summed E-state index contributed by atoms with van der Waals surface area (Å²) in [6.45, 7) is 1.43. The summed E-state index contributed by atoms with van der Waals surface area (Å²) in [7, 11) is 0. The van der Waals surface area contributed by atoms with Crippen molar-refractivity contribution < 1.29 is 48.1 Å². The quantitative estimate of drug-likeness (QED) is 0.135. The van der Waals surface area contributed by atoms with E-state index in [1.807, 2.05) is 0 Å². The first kappa shape index (κ1) is 24.6. The van der Waals surface area contributed by atoms with E-state index >= 15 is 0 Å². The maximum atomic E-state index is 11.4. The molecular formula is C19H26N2O10. The number of imide groups is 2. The number of carbonyl (C=O) groups is 5. The number of amides is 4. The minimum Gasteiger partial charge on any atom is -0.379 e. The summed E-state index contributed by atoms with van der Waals surface area (Å²) in [5.41, 5.74) is 0. The number of hydroxylamine groups is 2. The van der Waals surface area contributed by atoms with Crippen molar-refractivity contribution in [1.82, 2.24) is 9.96 Å². The molecule has 2 rings (SSSR count). The van der Waals surface area contributed by atoms with Gasteiger partial charge in [0.1, 0.15) is 6.61 Å². The van der Waals surface area contributed by atoms with E-state index in [2.05, 4.69) is 9.73 Å². The predicted octanol–water partition coefficient (Wildman–Crippen LogP) is -0.330. The zero-order valence-corrected chi connectivity index (χ0v) is 17.1. The second-order valence-electron chi connectivity index (χ2n) is 6.58. The lowest BCUT2D eigenvalue weighted by atomic mass is 10.2. The van der Waals surface area contributed by atoms with Crippen molar-refractivity contribution in [2.75, 3.05) is 46.2 Å². The highest BCUT2D eigenvalue weighted by molar-refractivity contribution is 6.12. The highest BCUT2D eigenvalue weighted by Gasteiger charge is 2.32. The summed E-state index contributed by atoms with van der Waals surface area (Å²) in [4.78, 5) is 71.9. The lowest BCUT2D eigenvalue weighted by Crippen LogP contribution is -2.33. The average molecular weight is 442 g/mol. The van der Waals surface area contributed by atoms with Gasteiger partial charge in [0.15, 0.2) is 6.61 Å².